The summed E-state index contributed by atoms with van der Waals surface area (Å²) in [6.07, 6.45) is 48.4. The molecule has 0 fully saturated rings. The maximum atomic E-state index is 13.1. The van der Waals surface area contributed by atoms with Gasteiger partial charge in [0, 0.05) is 25.7 Å². The van der Waals surface area contributed by atoms with E-state index in [1.807, 2.05) is 0 Å². The van der Waals surface area contributed by atoms with Crippen LogP contribution in [0.4, 0.5) is 0 Å². The fourth-order valence-electron chi connectivity index (χ4n) is 11.3. The summed E-state index contributed by atoms with van der Waals surface area (Å²) >= 11 is 0. The van der Waals surface area contributed by atoms with Crippen LogP contribution in [0.5, 0.6) is 0 Å². The quantitative estimate of drug-likeness (QED) is 0.0222. The number of hydrogen-bond acceptors (Lipinski definition) is 15. The Kier molecular flexibility index (Phi) is 63.1. The number of aliphatic hydroxyl groups is 1. The van der Waals surface area contributed by atoms with Crippen molar-refractivity contribution >= 4 is 39.5 Å². The van der Waals surface area contributed by atoms with E-state index in [2.05, 4.69) is 55.4 Å². The van der Waals surface area contributed by atoms with E-state index in [9.17, 15) is 43.2 Å². The maximum absolute atomic E-state index is 13.1. The molecule has 0 aromatic heterocycles. The monoisotopic (exact) mass is 1380 g/mol. The molecule has 0 aromatic rings. The lowest BCUT2D eigenvalue weighted by atomic mass is 9.99. The van der Waals surface area contributed by atoms with Crippen LogP contribution < -0.4 is 0 Å². The number of unbranched alkanes of at least 4 members (excludes halogenated alkanes) is 36. The van der Waals surface area contributed by atoms with Crippen LogP contribution in [0.2, 0.25) is 0 Å². The Labute approximate surface area is 575 Å². The molecule has 17 nitrogen and oxygen atoms in total. The van der Waals surface area contributed by atoms with Crippen molar-refractivity contribution in [2.75, 3.05) is 39.6 Å². The van der Waals surface area contributed by atoms with Gasteiger partial charge in [0.15, 0.2) is 12.2 Å². The lowest BCUT2D eigenvalue weighted by Gasteiger charge is -2.21. The summed E-state index contributed by atoms with van der Waals surface area (Å²) in [5.74, 6) is 0.970. The van der Waals surface area contributed by atoms with Crippen LogP contribution in [-0.4, -0.2) is 96.7 Å². The summed E-state index contributed by atoms with van der Waals surface area (Å²) in [5, 5.41) is 10.6. The molecule has 94 heavy (non-hydrogen) atoms. The van der Waals surface area contributed by atoms with E-state index in [1.54, 1.807) is 0 Å². The highest BCUT2D eigenvalue weighted by Gasteiger charge is 2.30. The van der Waals surface area contributed by atoms with Crippen molar-refractivity contribution in [2.45, 2.75) is 395 Å². The highest BCUT2D eigenvalue weighted by molar-refractivity contribution is 7.47. The first kappa shape index (κ1) is 92.1. The predicted octanol–water partition coefficient (Wildman–Crippen LogP) is 21.7. The van der Waals surface area contributed by atoms with Crippen LogP contribution in [0.25, 0.3) is 0 Å². The third-order valence-electron chi connectivity index (χ3n) is 18.0. The van der Waals surface area contributed by atoms with E-state index in [4.69, 9.17) is 37.0 Å². The zero-order chi connectivity index (χ0) is 69.6. The van der Waals surface area contributed by atoms with Gasteiger partial charge < -0.3 is 33.8 Å². The van der Waals surface area contributed by atoms with Crippen molar-refractivity contribution in [3.05, 3.63) is 0 Å². The Hall–Kier alpha value is -1.94. The van der Waals surface area contributed by atoms with E-state index in [0.29, 0.717) is 25.7 Å². The number of phosphoric acid groups is 2. The molecule has 3 N–H and O–H groups in total. The first-order valence-electron chi connectivity index (χ1n) is 38.8. The average molecular weight is 1380 g/mol. The van der Waals surface area contributed by atoms with Crippen LogP contribution in [0, 0.1) is 23.7 Å². The molecule has 0 rings (SSSR count). The van der Waals surface area contributed by atoms with Gasteiger partial charge >= 0.3 is 39.5 Å². The van der Waals surface area contributed by atoms with Crippen molar-refractivity contribution in [3.8, 4) is 0 Å². The van der Waals surface area contributed by atoms with Gasteiger partial charge in [-0.3, -0.25) is 37.3 Å². The van der Waals surface area contributed by atoms with Gasteiger partial charge in [0.05, 0.1) is 26.4 Å². The molecule has 4 unspecified atom stereocenters. The second-order valence-corrected chi connectivity index (χ2v) is 31.4. The Morgan fingerprint density at radius 1 is 0.298 bits per heavy atom. The van der Waals surface area contributed by atoms with Gasteiger partial charge in [-0.15, -0.1) is 0 Å². The van der Waals surface area contributed by atoms with Crippen LogP contribution in [-0.2, 0) is 65.4 Å². The summed E-state index contributed by atoms with van der Waals surface area (Å²) < 4.78 is 68.5. The molecule has 7 atom stereocenters. The van der Waals surface area contributed by atoms with Crippen molar-refractivity contribution in [2.24, 2.45) is 23.7 Å². The minimum absolute atomic E-state index is 0.106. The molecular weight excluding hydrogens is 1230 g/mol. The zero-order valence-electron chi connectivity index (χ0n) is 61.6. The molecule has 0 amide bonds. The Bertz CT molecular complexity index is 1850. The summed E-state index contributed by atoms with van der Waals surface area (Å²) in [5.41, 5.74) is 0. The van der Waals surface area contributed by atoms with Gasteiger partial charge in [0.2, 0.25) is 0 Å². The highest BCUT2D eigenvalue weighted by atomic mass is 31.2. The number of carbonyl (C=O) groups is 4. The van der Waals surface area contributed by atoms with Crippen LogP contribution in [0.3, 0.4) is 0 Å². The molecule has 0 aliphatic heterocycles. The number of phosphoric ester groups is 2. The molecule has 0 saturated carbocycles. The third-order valence-corrected chi connectivity index (χ3v) is 19.9. The molecule has 0 bridgehead atoms. The number of ether oxygens (including phenoxy) is 4. The van der Waals surface area contributed by atoms with E-state index < -0.39 is 97.5 Å². The van der Waals surface area contributed by atoms with Gasteiger partial charge in [-0.1, -0.05) is 325 Å². The maximum Gasteiger partial charge on any atom is 0.472 e. The second kappa shape index (κ2) is 64.4. The van der Waals surface area contributed by atoms with E-state index in [0.717, 1.165) is 120 Å². The van der Waals surface area contributed by atoms with Crippen LogP contribution in [0.1, 0.15) is 376 Å². The minimum Gasteiger partial charge on any atom is -0.462 e. The molecule has 0 aromatic carbocycles. The lowest BCUT2D eigenvalue weighted by Crippen LogP contribution is -2.30. The summed E-state index contributed by atoms with van der Waals surface area (Å²) in [6.45, 7) is 14.2. The van der Waals surface area contributed by atoms with Crippen molar-refractivity contribution in [1.82, 2.24) is 0 Å². The molecule has 0 saturated heterocycles. The number of esters is 4. The zero-order valence-corrected chi connectivity index (χ0v) is 63.4. The topological polar surface area (TPSA) is 237 Å². The highest BCUT2D eigenvalue weighted by Crippen LogP contribution is 2.45. The van der Waals surface area contributed by atoms with E-state index in [-0.39, 0.29) is 25.7 Å². The van der Waals surface area contributed by atoms with Crippen LogP contribution in [0.15, 0.2) is 0 Å². The predicted molar refractivity (Wildman–Crippen MR) is 381 cm³/mol. The largest absolute Gasteiger partial charge is 0.472 e. The SMILES string of the molecule is CCC(C)CCCCCCCCCCCCC(=O)OC[C@H](COP(=O)(O)OC[C@@H](O)COP(=O)(O)OC[C@@H](COC(=O)CCCCCCCCC(C)CC)OC(=O)CCCCCCCCCCCCCCCC(C)C)OC(=O)CCCCCCCCCCCCCC(C)C. The fraction of sp³-hybridized carbons (Fsp3) is 0.947. The molecule has 0 aliphatic rings. The number of carbonyl (C=O) groups excluding carboxylic acids is 4. The van der Waals surface area contributed by atoms with Crippen molar-refractivity contribution in [1.29, 1.82) is 0 Å². The Morgan fingerprint density at radius 3 is 0.755 bits per heavy atom. The number of hydrogen-bond donors (Lipinski definition) is 3. The molecule has 19 heteroatoms. The van der Waals surface area contributed by atoms with Gasteiger partial charge in [0.25, 0.3) is 0 Å². The average Bonchev–Trinajstić information content (AvgIpc) is 1.29. The second-order valence-electron chi connectivity index (χ2n) is 28.5. The fourth-order valence-corrected chi connectivity index (χ4v) is 12.9. The lowest BCUT2D eigenvalue weighted by molar-refractivity contribution is -0.161. The molecular formula is C75H146O17P2. The van der Waals surface area contributed by atoms with E-state index in [1.165, 1.54) is 173 Å². The normalized spacial score (nSPS) is 14.7. The first-order chi connectivity index (χ1) is 45.2. The Balaban J connectivity index is 5.26. The summed E-state index contributed by atoms with van der Waals surface area (Å²) in [7, 11) is -9.91. The molecule has 0 aliphatic carbocycles. The van der Waals surface area contributed by atoms with Gasteiger partial charge in [-0.2, -0.15) is 0 Å². The first-order valence-corrected chi connectivity index (χ1v) is 41.8. The number of aliphatic hydroxyl groups excluding tert-OH is 1. The standard InChI is InChI=1S/C75H146O17P2/c1-9-67(7)53-45-37-29-23-19-20-24-30-39-47-55-72(77)85-61-70(91-75(80)58-50-42-32-26-18-14-16-22-28-36-44-52-66(5)6)63-89-93(81,82)87-59-69(76)60-88-94(83,84)90-64-71(62-86-73(78)56-48-40-34-33-38-46-54-68(8)10-2)92-74(79)57-49-41-31-25-17-13-11-12-15-21-27-35-43-51-65(3)4/h65-71,76H,9-64H2,1-8H3,(H,81,82)(H,83,84)/t67?,68?,69-,70-,71-/m1/s1. The minimum atomic E-state index is -4.96. The van der Waals surface area contributed by atoms with Gasteiger partial charge in [-0.25, -0.2) is 9.13 Å². The van der Waals surface area contributed by atoms with Gasteiger partial charge in [-0.05, 0) is 49.4 Å². The molecule has 0 spiro atoms. The third kappa shape index (κ3) is 66.0. The molecule has 0 heterocycles. The van der Waals surface area contributed by atoms with Gasteiger partial charge in [0.1, 0.15) is 19.3 Å². The number of rotatable bonds is 72. The molecule has 558 valence electrons. The van der Waals surface area contributed by atoms with Crippen molar-refractivity contribution in [3.63, 3.8) is 0 Å². The Morgan fingerprint density at radius 2 is 0.511 bits per heavy atom. The summed E-state index contributed by atoms with van der Waals surface area (Å²) in [4.78, 5) is 72.8. The van der Waals surface area contributed by atoms with Crippen LogP contribution >= 0.6 is 15.6 Å². The van der Waals surface area contributed by atoms with Crippen molar-refractivity contribution < 1.29 is 80.2 Å². The molecule has 0 radical (unpaired) electrons. The summed E-state index contributed by atoms with van der Waals surface area (Å²) in [6, 6.07) is 0. The smallest absolute Gasteiger partial charge is 0.462 e. The van der Waals surface area contributed by atoms with E-state index >= 15 is 0 Å².